The lowest BCUT2D eigenvalue weighted by molar-refractivity contribution is -0.107. The Kier molecular flexibility index (Phi) is 5.29. The molecule has 3 heteroatoms. The Bertz CT molecular complexity index is 372. The summed E-state index contributed by atoms with van der Waals surface area (Å²) in [5.41, 5.74) is 3.37. The fourth-order valence-corrected chi connectivity index (χ4v) is 1.60. The highest BCUT2D eigenvalue weighted by Gasteiger charge is 2.01. The van der Waals surface area contributed by atoms with Crippen LogP contribution in [-0.4, -0.2) is 26.9 Å². The van der Waals surface area contributed by atoms with Crippen molar-refractivity contribution < 1.29 is 4.79 Å². The second-order valence-corrected chi connectivity index (χ2v) is 3.56. The van der Waals surface area contributed by atoms with Gasteiger partial charge in [-0.05, 0) is 23.7 Å². The molecule has 0 spiro atoms. The van der Waals surface area contributed by atoms with Crippen molar-refractivity contribution in [3.63, 3.8) is 0 Å². The SMILES string of the molecule is CN/C=C(\CNC)c1cccc(CC=O)c1. The number of carbonyl (C=O) groups is 1. The molecule has 0 unspecified atom stereocenters. The van der Waals surface area contributed by atoms with Gasteiger partial charge in [0.25, 0.3) is 0 Å². The lowest BCUT2D eigenvalue weighted by Gasteiger charge is -2.08. The molecule has 0 aliphatic rings. The largest absolute Gasteiger partial charge is 0.394 e. The predicted octanol–water partition coefficient (Wildman–Crippen LogP) is 1.21. The minimum absolute atomic E-state index is 0.472. The van der Waals surface area contributed by atoms with Gasteiger partial charge < -0.3 is 15.4 Å². The van der Waals surface area contributed by atoms with Gasteiger partial charge in [-0.3, -0.25) is 0 Å². The molecule has 0 aliphatic heterocycles. The van der Waals surface area contributed by atoms with Crippen molar-refractivity contribution in [3.05, 3.63) is 41.6 Å². The number of hydrogen-bond donors (Lipinski definition) is 2. The molecule has 86 valence electrons. The first kappa shape index (κ1) is 12.5. The van der Waals surface area contributed by atoms with Crippen LogP contribution in [0, 0.1) is 0 Å². The van der Waals surface area contributed by atoms with Gasteiger partial charge in [0, 0.05) is 26.2 Å². The monoisotopic (exact) mass is 218 g/mol. The lowest BCUT2D eigenvalue weighted by Crippen LogP contribution is -2.12. The normalized spacial score (nSPS) is 11.2. The van der Waals surface area contributed by atoms with Crippen LogP contribution in [0.2, 0.25) is 0 Å². The van der Waals surface area contributed by atoms with Crippen molar-refractivity contribution >= 4 is 11.9 Å². The van der Waals surface area contributed by atoms with Crippen LogP contribution in [0.5, 0.6) is 0 Å². The molecule has 0 saturated heterocycles. The summed E-state index contributed by atoms with van der Waals surface area (Å²) in [5, 5.41) is 6.16. The van der Waals surface area contributed by atoms with E-state index in [4.69, 9.17) is 0 Å². The Morgan fingerprint density at radius 2 is 2.19 bits per heavy atom. The van der Waals surface area contributed by atoms with Crippen LogP contribution >= 0.6 is 0 Å². The van der Waals surface area contributed by atoms with Crippen LogP contribution < -0.4 is 10.6 Å². The van der Waals surface area contributed by atoms with E-state index in [-0.39, 0.29) is 0 Å². The van der Waals surface area contributed by atoms with Crippen molar-refractivity contribution in [2.24, 2.45) is 0 Å². The number of carbonyl (C=O) groups excluding carboxylic acids is 1. The summed E-state index contributed by atoms with van der Waals surface area (Å²) >= 11 is 0. The molecular weight excluding hydrogens is 200 g/mol. The summed E-state index contributed by atoms with van der Waals surface area (Å²) in [6, 6.07) is 8.05. The van der Waals surface area contributed by atoms with E-state index in [1.807, 2.05) is 32.4 Å². The maximum atomic E-state index is 10.5. The Hall–Kier alpha value is -1.61. The average molecular weight is 218 g/mol. The van der Waals surface area contributed by atoms with Gasteiger partial charge in [0.05, 0.1) is 0 Å². The van der Waals surface area contributed by atoms with E-state index in [0.717, 1.165) is 24.0 Å². The maximum Gasteiger partial charge on any atom is 0.124 e. The summed E-state index contributed by atoms with van der Waals surface area (Å²) in [6.07, 6.45) is 3.37. The second-order valence-electron chi connectivity index (χ2n) is 3.56. The molecule has 0 fully saturated rings. The highest BCUT2D eigenvalue weighted by Crippen LogP contribution is 2.14. The molecule has 0 atom stereocenters. The first-order valence-electron chi connectivity index (χ1n) is 5.35. The molecule has 0 saturated carbocycles. The minimum atomic E-state index is 0.472. The Labute approximate surface area is 96.6 Å². The smallest absolute Gasteiger partial charge is 0.124 e. The van der Waals surface area contributed by atoms with Crippen LogP contribution in [-0.2, 0) is 11.2 Å². The van der Waals surface area contributed by atoms with Crippen LogP contribution in [0.15, 0.2) is 30.5 Å². The van der Waals surface area contributed by atoms with E-state index < -0.39 is 0 Å². The Balaban J connectivity index is 2.95. The number of rotatable bonds is 6. The number of hydrogen-bond acceptors (Lipinski definition) is 3. The number of aldehydes is 1. The van der Waals surface area contributed by atoms with Crippen molar-refractivity contribution in [2.75, 3.05) is 20.6 Å². The molecule has 2 N–H and O–H groups in total. The van der Waals surface area contributed by atoms with E-state index in [2.05, 4.69) is 22.8 Å². The fourth-order valence-electron chi connectivity index (χ4n) is 1.60. The third-order valence-corrected chi connectivity index (χ3v) is 2.30. The lowest BCUT2D eigenvalue weighted by atomic mass is 10.0. The predicted molar refractivity (Wildman–Crippen MR) is 67.2 cm³/mol. The molecular formula is C13H18N2O. The molecule has 0 aromatic heterocycles. The number of nitrogens with one attached hydrogen (secondary N) is 2. The van der Waals surface area contributed by atoms with Gasteiger partial charge in [-0.2, -0.15) is 0 Å². The van der Waals surface area contributed by atoms with Crippen LogP contribution in [0.1, 0.15) is 11.1 Å². The third kappa shape index (κ3) is 3.51. The average Bonchev–Trinajstić information content (AvgIpc) is 2.30. The van der Waals surface area contributed by atoms with Crippen molar-refractivity contribution in [1.29, 1.82) is 0 Å². The minimum Gasteiger partial charge on any atom is -0.394 e. The molecule has 1 aromatic carbocycles. The van der Waals surface area contributed by atoms with Crippen molar-refractivity contribution in [2.45, 2.75) is 6.42 Å². The molecule has 0 radical (unpaired) electrons. The topological polar surface area (TPSA) is 41.1 Å². The first-order chi connectivity index (χ1) is 7.81. The maximum absolute atomic E-state index is 10.5. The summed E-state index contributed by atoms with van der Waals surface area (Å²) in [6.45, 7) is 0.797. The molecule has 0 aliphatic carbocycles. The van der Waals surface area contributed by atoms with Gasteiger partial charge >= 0.3 is 0 Å². The standard InChI is InChI=1S/C13H18N2O/c1-14-9-13(10-15-2)12-5-3-4-11(8-12)6-7-16/h3-5,7-9,14-15H,6,10H2,1-2H3/b13-9+. The summed E-state index contributed by atoms with van der Waals surface area (Å²) < 4.78 is 0. The van der Waals surface area contributed by atoms with Crippen molar-refractivity contribution in [3.8, 4) is 0 Å². The zero-order valence-electron chi connectivity index (χ0n) is 9.79. The van der Waals surface area contributed by atoms with E-state index in [9.17, 15) is 4.79 Å². The van der Waals surface area contributed by atoms with E-state index in [1.165, 1.54) is 5.57 Å². The Morgan fingerprint density at radius 1 is 1.38 bits per heavy atom. The van der Waals surface area contributed by atoms with E-state index in [1.54, 1.807) is 0 Å². The molecule has 0 heterocycles. The zero-order valence-corrected chi connectivity index (χ0v) is 9.79. The molecule has 3 nitrogen and oxygen atoms in total. The summed E-state index contributed by atoms with van der Waals surface area (Å²) in [5.74, 6) is 0. The number of benzene rings is 1. The van der Waals surface area contributed by atoms with Crippen LogP contribution in [0.3, 0.4) is 0 Å². The highest BCUT2D eigenvalue weighted by atomic mass is 16.1. The molecule has 0 bridgehead atoms. The molecule has 0 amide bonds. The fraction of sp³-hybridized carbons (Fsp3) is 0.308. The second kappa shape index (κ2) is 6.80. The van der Waals surface area contributed by atoms with Crippen molar-refractivity contribution in [1.82, 2.24) is 10.6 Å². The molecule has 1 rings (SSSR count). The van der Waals surface area contributed by atoms with Gasteiger partial charge in [-0.15, -0.1) is 0 Å². The highest BCUT2D eigenvalue weighted by molar-refractivity contribution is 5.68. The molecule has 1 aromatic rings. The molecule has 16 heavy (non-hydrogen) atoms. The zero-order chi connectivity index (χ0) is 11.8. The first-order valence-corrected chi connectivity index (χ1v) is 5.35. The number of likely N-dealkylation sites (N-methyl/N-ethyl adjacent to an activating group) is 1. The quantitative estimate of drug-likeness (QED) is 0.705. The van der Waals surface area contributed by atoms with Crippen LogP contribution in [0.4, 0.5) is 0 Å². The van der Waals surface area contributed by atoms with E-state index >= 15 is 0 Å². The van der Waals surface area contributed by atoms with Crippen LogP contribution in [0.25, 0.3) is 5.57 Å². The van der Waals surface area contributed by atoms with E-state index in [0.29, 0.717) is 6.42 Å². The van der Waals surface area contributed by atoms with Gasteiger partial charge in [0.1, 0.15) is 6.29 Å². The summed E-state index contributed by atoms with van der Waals surface area (Å²) in [4.78, 5) is 10.5. The summed E-state index contributed by atoms with van der Waals surface area (Å²) in [7, 11) is 3.80. The van der Waals surface area contributed by atoms with Gasteiger partial charge in [0.2, 0.25) is 0 Å². The third-order valence-electron chi connectivity index (χ3n) is 2.30. The van der Waals surface area contributed by atoms with Gasteiger partial charge in [-0.1, -0.05) is 24.3 Å². The van der Waals surface area contributed by atoms with Gasteiger partial charge in [0.15, 0.2) is 0 Å². The Morgan fingerprint density at radius 3 is 2.81 bits per heavy atom. The van der Waals surface area contributed by atoms with Gasteiger partial charge in [-0.25, -0.2) is 0 Å².